The minimum absolute atomic E-state index is 0.0181. The monoisotopic (exact) mass is 311 g/mol. The Morgan fingerprint density at radius 3 is 2.48 bits per heavy atom. The lowest BCUT2D eigenvalue weighted by Gasteiger charge is -2.07. The van der Waals surface area contributed by atoms with E-state index in [4.69, 9.17) is 4.74 Å². The molecular weight excluding hydrogens is 290 g/mol. The van der Waals surface area contributed by atoms with E-state index in [1.807, 2.05) is 31.2 Å². The molecule has 0 fully saturated rings. The Labute approximate surface area is 136 Å². The number of hydrogen-bond donors (Lipinski definition) is 1. The lowest BCUT2D eigenvalue weighted by molar-refractivity contribution is -0.116. The van der Waals surface area contributed by atoms with Crippen molar-refractivity contribution in [2.45, 2.75) is 26.7 Å². The number of nitrogens with one attached hydrogen (secondary N) is 1. The summed E-state index contributed by atoms with van der Waals surface area (Å²) in [7, 11) is 0. The highest BCUT2D eigenvalue weighted by Gasteiger charge is 2.05. The molecule has 0 saturated heterocycles. The largest absolute Gasteiger partial charge is 0.494 e. The maximum atomic E-state index is 12.0. The summed E-state index contributed by atoms with van der Waals surface area (Å²) in [5, 5.41) is 2.82. The summed E-state index contributed by atoms with van der Waals surface area (Å²) in [4.78, 5) is 23.4. The molecule has 0 heterocycles. The van der Waals surface area contributed by atoms with Gasteiger partial charge in [-0.3, -0.25) is 9.59 Å². The average molecular weight is 311 g/mol. The van der Waals surface area contributed by atoms with Crippen LogP contribution in [0.25, 0.3) is 0 Å². The highest BCUT2D eigenvalue weighted by Crippen LogP contribution is 2.15. The minimum atomic E-state index is -0.0698. The fourth-order valence-electron chi connectivity index (χ4n) is 2.22. The van der Waals surface area contributed by atoms with Gasteiger partial charge >= 0.3 is 0 Å². The molecule has 1 amide bonds. The zero-order valence-corrected chi connectivity index (χ0v) is 13.5. The summed E-state index contributed by atoms with van der Waals surface area (Å²) in [5.74, 6) is 0.747. The molecule has 0 atom stereocenters. The van der Waals surface area contributed by atoms with Crippen LogP contribution in [-0.2, 0) is 11.2 Å². The number of benzene rings is 2. The van der Waals surface area contributed by atoms with Crippen LogP contribution in [0.2, 0.25) is 0 Å². The number of ketones is 1. The van der Waals surface area contributed by atoms with Crippen LogP contribution in [-0.4, -0.2) is 18.3 Å². The van der Waals surface area contributed by atoms with E-state index in [1.54, 1.807) is 24.3 Å². The van der Waals surface area contributed by atoms with E-state index in [1.165, 1.54) is 6.92 Å². The van der Waals surface area contributed by atoms with Crippen LogP contribution in [0, 0.1) is 0 Å². The quantitative estimate of drug-likeness (QED) is 0.790. The van der Waals surface area contributed by atoms with Gasteiger partial charge in [-0.2, -0.15) is 0 Å². The van der Waals surface area contributed by atoms with Gasteiger partial charge in [-0.05, 0) is 50.1 Å². The van der Waals surface area contributed by atoms with Crippen molar-refractivity contribution in [3.63, 3.8) is 0 Å². The van der Waals surface area contributed by atoms with Crippen LogP contribution in [0.15, 0.2) is 48.5 Å². The third kappa shape index (κ3) is 5.25. The van der Waals surface area contributed by atoms with Gasteiger partial charge in [0.2, 0.25) is 5.91 Å². The van der Waals surface area contributed by atoms with Gasteiger partial charge in [0.05, 0.1) is 6.61 Å². The normalized spacial score (nSPS) is 10.2. The van der Waals surface area contributed by atoms with Gasteiger partial charge in [0.15, 0.2) is 5.78 Å². The smallest absolute Gasteiger partial charge is 0.224 e. The standard InChI is InChI=1S/C19H21NO3/c1-3-23-18-10-7-15(8-11-18)9-12-19(22)20-17-6-4-5-16(13-17)14(2)21/h4-8,10-11,13H,3,9,12H2,1-2H3,(H,20,22). The molecule has 2 aromatic rings. The number of anilines is 1. The molecule has 0 aliphatic carbocycles. The highest BCUT2D eigenvalue weighted by atomic mass is 16.5. The van der Waals surface area contributed by atoms with E-state index in [0.29, 0.717) is 30.7 Å². The summed E-state index contributed by atoms with van der Waals surface area (Å²) in [6.07, 6.45) is 1.04. The Bertz CT molecular complexity index is 677. The van der Waals surface area contributed by atoms with E-state index >= 15 is 0 Å². The summed E-state index contributed by atoms with van der Waals surface area (Å²) in [5.41, 5.74) is 2.32. The van der Waals surface area contributed by atoms with Gasteiger partial charge in [0.1, 0.15) is 5.75 Å². The molecule has 1 N–H and O–H groups in total. The van der Waals surface area contributed by atoms with E-state index in [0.717, 1.165) is 11.3 Å². The van der Waals surface area contributed by atoms with E-state index in [9.17, 15) is 9.59 Å². The molecule has 4 nitrogen and oxygen atoms in total. The first-order valence-electron chi connectivity index (χ1n) is 7.71. The van der Waals surface area contributed by atoms with E-state index in [2.05, 4.69) is 5.32 Å². The van der Waals surface area contributed by atoms with Gasteiger partial charge in [-0.25, -0.2) is 0 Å². The Hall–Kier alpha value is -2.62. The maximum Gasteiger partial charge on any atom is 0.224 e. The minimum Gasteiger partial charge on any atom is -0.494 e. The number of amides is 1. The SMILES string of the molecule is CCOc1ccc(CCC(=O)Nc2cccc(C(C)=O)c2)cc1. The summed E-state index contributed by atoms with van der Waals surface area (Å²) in [6.45, 7) is 4.09. The number of rotatable bonds is 7. The van der Waals surface area contributed by atoms with Crippen molar-refractivity contribution in [1.29, 1.82) is 0 Å². The summed E-state index contributed by atoms with van der Waals surface area (Å²) >= 11 is 0. The second-order valence-electron chi connectivity index (χ2n) is 5.26. The van der Waals surface area contributed by atoms with Crippen molar-refractivity contribution in [3.8, 4) is 5.75 Å². The second kappa shape index (κ2) is 8.13. The van der Waals surface area contributed by atoms with E-state index < -0.39 is 0 Å². The second-order valence-corrected chi connectivity index (χ2v) is 5.26. The highest BCUT2D eigenvalue weighted by molar-refractivity contribution is 5.97. The lowest BCUT2D eigenvalue weighted by Crippen LogP contribution is -2.12. The van der Waals surface area contributed by atoms with Gasteiger partial charge in [0.25, 0.3) is 0 Å². The average Bonchev–Trinajstić information content (AvgIpc) is 2.55. The van der Waals surface area contributed by atoms with E-state index in [-0.39, 0.29) is 11.7 Å². The molecule has 0 spiro atoms. The number of hydrogen-bond acceptors (Lipinski definition) is 3. The van der Waals surface area contributed by atoms with Crippen molar-refractivity contribution < 1.29 is 14.3 Å². The first-order valence-corrected chi connectivity index (χ1v) is 7.71. The van der Waals surface area contributed by atoms with Crippen LogP contribution in [0.4, 0.5) is 5.69 Å². The Morgan fingerprint density at radius 2 is 1.83 bits per heavy atom. The zero-order chi connectivity index (χ0) is 16.7. The molecule has 0 unspecified atom stereocenters. The van der Waals surface area contributed by atoms with Crippen LogP contribution in [0.1, 0.15) is 36.2 Å². The lowest BCUT2D eigenvalue weighted by atomic mass is 10.1. The molecule has 0 bridgehead atoms. The van der Waals surface area contributed by atoms with Crippen molar-refractivity contribution in [2.24, 2.45) is 0 Å². The van der Waals surface area contributed by atoms with Gasteiger partial charge < -0.3 is 10.1 Å². The predicted octanol–water partition coefficient (Wildman–Crippen LogP) is 3.86. The Morgan fingerprint density at radius 1 is 1.09 bits per heavy atom. The van der Waals surface area contributed by atoms with Gasteiger partial charge in [-0.1, -0.05) is 24.3 Å². The first kappa shape index (κ1) is 16.7. The molecule has 120 valence electrons. The molecule has 0 aromatic heterocycles. The van der Waals surface area contributed by atoms with Crippen molar-refractivity contribution in [3.05, 3.63) is 59.7 Å². The van der Waals surface area contributed by atoms with Crippen LogP contribution in [0.3, 0.4) is 0 Å². The number of Topliss-reactive ketones (excluding diaryl/α,β-unsaturated/α-hetero) is 1. The molecule has 4 heteroatoms. The molecule has 2 aromatic carbocycles. The molecule has 0 radical (unpaired) electrons. The molecule has 0 aliphatic rings. The van der Waals surface area contributed by atoms with Crippen LogP contribution in [0.5, 0.6) is 5.75 Å². The van der Waals surface area contributed by atoms with Crippen LogP contribution >= 0.6 is 0 Å². The molecular formula is C19H21NO3. The van der Waals surface area contributed by atoms with Gasteiger partial charge in [-0.15, -0.1) is 0 Å². The number of ether oxygens (including phenoxy) is 1. The zero-order valence-electron chi connectivity index (χ0n) is 13.5. The fraction of sp³-hybridized carbons (Fsp3) is 0.263. The third-order valence-electron chi connectivity index (χ3n) is 3.43. The number of carbonyl (C=O) groups is 2. The molecule has 0 aliphatic heterocycles. The van der Waals surface area contributed by atoms with Crippen molar-refractivity contribution in [1.82, 2.24) is 0 Å². The number of aryl methyl sites for hydroxylation is 1. The molecule has 0 saturated carbocycles. The predicted molar refractivity (Wildman–Crippen MR) is 91.0 cm³/mol. The maximum absolute atomic E-state index is 12.0. The molecule has 2 rings (SSSR count). The third-order valence-corrected chi connectivity index (χ3v) is 3.43. The molecule has 23 heavy (non-hydrogen) atoms. The summed E-state index contributed by atoms with van der Waals surface area (Å²) < 4.78 is 5.39. The summed E-state index contributed by atoms with van der Waals surface area (Å²) in [6, 6.07) is 14.7. The Kier molecular flexibility index (Phi) is 5.92. The Balaban J connectivity index is 1.87. The van der Waals surface area contributed by atoms with Crippen molar-refractivity contribution in [2.75, 3.05) is 11.9 Å². The van der Waals surface area contributed by atoms with Gasteiger partial charge in [0, 0.05) is 17.7 Å². The van der Waals surface area contributed by atoms with Crippen molar-refractivity contribution >= 4 is 17.4 Å². The number of carbonyl (C=O) groups excluding carboxylic acids is 2. The topological polar surface area (TPSA) is 55.4 Å². The van der Waals surface area contributed by atoms with Crippen LogP contribution < -0.4 is 10.1 Å². The first-order chi connectivity index (χ1) is 11.1. The fourth-order valence-corrected chi connectivity index (χ4v) is 2.22.